The highest BCUT2D eigenvalue weighted by atomic mass is 32.1. The lowest BCUT2D eigenvalue weighted by Gasteiger charge is -2.12. The molecule has 2 heterocycles. The number of nitrogens with one attached hydrogen (secondary N) is 1. The standard InChI is InChI=1S/C20H17N3OS/c1-24-17-10-5-2-7-14(17)13-21-19-15-8-3-4-9-16(15)22-20(23-19)18-11-6-12-25-18/h2-12H,13H2,1H3,(H,21,22,23). The quantitative estimate of drug-likeness (QED) is 0.553. The van der Waals surface area contributed by atoms with Crippen LogP contribution in [-0.4, -0.2) is 17.1 Å². The molecule has 5 heteroatoms. The fraction of sp³-hybridized carbons (Fsp3) is 0.100. The van der Waals surface area contributed by atoms with Gasteiger partial charge in [-0.3, -0.25) is 0 Å². The minimum atomic E-state index is 0.634. The SMILES string of the molecule is COc1ccccc1CNc1nc(-c2cccs2)nc2ccccc12. The van der Waals surface area contributed by atoms with Crippen molar-refractivity contribution >= 4 is 28.1 Å². The summed E-state index contributed by atoms with van der Waals surface area (Å²) in [5, 5.41) is 6.50. The van der Waals surface area contributed by atoms with Gasteiger partial charge in [-0.2, -0.15) is 0 Å². The van der Waals surface area contributed by atoms with E-state index in [1.165, 1.54) is 0 Å². The number of methoxy groups -OCH3 is 1. The maximum Gasteiger partial charge on any atom is 0.172 e. The van der Waals surface area contributed by atoms with Crippen molar-refractivity contribution in [3.05, 3.63) is 71.6 Å². The van der Waals surface area contributed by atoms with Gasteiger partial charge < -0.3 is 10.1 Å². The Hall–Kier alpha value is -2.92. The highest BCUT2D eigenvalue weighted by Crippen LogP contribution is 2.28. The minimum absolute atomic E-state index is 0.634. The van der Waals surface area contributed by atoms with Crippen LogP contribution in [0.2, 0.25) is 0 Å². The molecule has 0 bridgehead atoms. The molecule has 0 aliphatic heterocycles. The molecule has 0 unspecified atom stereocenters. The number of aromatic nitrogens is 2. The first-order chi connectivity index (χ1) is 12.3. The van der Waals surface area contributed by atoms with Crippen LogP contribution in [-0.2, 0) is 6.54 Å². The van der Waals surface area contributed by atoms with Gasteiger partial charge in [0, 0.05) is 17.5 Å². The number of hydrogen-bond acceptors (Lipinski definition) is 5. The van der Waals surface area contributed by atoms with Crippen LogP contribution in [0.4, 0.5) is 5.82 Å². The second kappa shape index (κ2) is 6.91. The summed E-state index contributed by atoms with van der Waals surface area (Å²) < 4.78 is 5.43. The van der Waals surface area contributed by atoms with Crippen molar-refractivity contribution in [2.75, 3.05) is 12.4 Å². The zero-order valence-corrected chi connectivity index (χ0v) is 14.6. The van der Waals surface area contributed by atoms with Crippen molar-refractivity contribution in [3.63, 3.8) is 0 Å². The second-order valence-corrected chi connectivity index (χ2v) is 6.50. The molecule has 0 spiro atoms. The number of ether oxygens (including phenoxy) is 1. The second-order valence-electron chi connectivity index (χ2n) is 5.56. The molecule has 0 aliphatic carbocycles. The highest BCUT2D eigenvalue weighted by Gasteiger charge is 2.10. The van der Waals surface area contributed by atoms with Crippen LogP contribution in [0.1, 0.15) is 5.56 Å². The zero-order valence-electron chi connectivity index (χ0n) is 13.8. The molecule has 2 aromatic heterocycles. The van der Waals surface area contributed by atoms with Gasteiger partial charge in [-0.05, 0) is 29.6 Å². The van der Waals surface area contributed by atoms with E-state index in [1.54, 1.807) is 18.4 Å². The summed E-state index contributed by atoms with van der Waals surface area (Å²) in [5.41, 5.74) is 2.02. The molecule has 124 valence electrons. The number of para-hydroxylation sites is 2. The fourth-order valence-corrected chi connectivity index (χ4v) is 3.41. The summed E-state index contributed by atoms with van der Waals surface area (Å²) in [6, 6.07) is 20.1. The van der Waals surface area contributed by atoms with Crippen LogP contribution in [0, 0.1) is 0 Å². The Balaban J connectivity index is 1.73. The highest BCUT2D eigenvalue weighted by molar-refractivity contribution is 7.13. The molecule has 0 radical (unpaired) electrons. The summed E-state index contributed by atoms with van der Waals surface area (Å²) in [6.07, 6.45) is 0. The lowest BCUT2D eigenvalue weighted by Crippen LogP contribution is -2.05. The van der Waals surface area contributed by atoms with E-state index in [2.05, 4.69) is 11.4 Å². The Morgan fingerprint density at radius 3 is 2.64 bits per heavy atom. The topological polar surface area (TPSA) is 47.0 Å². The van der Waals surface area contributed by atoms with E-state index < -0.39 is 0 Å². The number of fused-ring (bicyclic) bond motifs is 1. The van der Waals surface area contributed by atoms with Crippen molar-refractivity contribution in [3.8, 4) is 16.5 Å². The number of thiophene rings is 1. The van der Waals surface area contributed by atoms with Crippen molar-refractivity contribution < 1.29 is 4.74 Å². The monoisotopic (exact) mass is 347 g/mol. The molecule has 1 N–H and O–H groups in total. The molecule has 0 atom stereocenters. The summed E-state index contributed by atoms with van der Waals surface area (Å²) in [5.74, 6) is 2.45. The summed E-state index contributed by atoms with van der Waals surface area (Å²) in [4.78, 5) is 10.5. The molecular weight excluding hydrogens is 330 g/mol. The zero-order chi connectivity index (χ0) is 17.1. The van der Waals surface area contributed by atoms with Gasteiger partial charge >= 0.3 is 0 Å². The van der Waals surface area contributed by atoms with Gasteiger partial charge in [-0.15, -0.1) is 11.3 Å². The minimum Gasteiger partial charge on any atom is -0.496 e. The van der Waals surface area contributed by atoms with E-state index in [-0.39, 0.29) is 0 Å². The van der Waals surface area contributed by atoms with Gasteiger partial charge in [0.2, 0.25) is 0 Å². The Bertz CT molecular complexity index is 999. The largest absolute Gasteiger partial charge is 0.496 e. The van der Waals surface area contributed by atoms with E-state index in [0.717, 1.165) is 38.7 Å². The van der Waals surface area contributed by atoms with Crippen molar-refractivity contribution in [2.24, 2.45) is 0 Å². The lowest BCUT2D eigenvalue weighted by molar-refractivity contribution is 0.410. The fourth-order valence-electron chi connectivity index (χ4n) is 2.76. The molecule has 4 aromatic rings. The van der Waals surface area contributed by atoms with Gasteiger partial charge in [0.25, 0.3) is 0 Å². The van der Waals surface area contributed by atoms with E-state index in [9.17, 15) is 0 Å². The van der Waals surface area contributed by atoms with Crippen LogP contribution >= 0.6 is 11.3 Å². The summed E-state index contributed by atoms with van der Waals surface area (Å²) >= 11 is 1.64. The average molecular weight is 347 g/mol. The third kappa shape index (κ3) is 3.19. The number of hydrogen-bond donors (Lipinski definition) is 1. The Morgan fingerprint density at radius 2 is 1.80 bits per heavy atom. The maximum absolute atomic E-state index is 5.43. The van der Waals surface area contributed by atoms with Crippen molar-refractivity contribution in [1.29, 1.82) is 0 Å². The predicted octanol–water partition coefficient (Wildman–Crippen LogP) is 4.98. The molecule has 4 nitrogen and oxygen atoms in total. The Kier molecular flexibility index (Phi) is 4.31. The normalized spacial score (nSPS) is 10.8. The van der Waals surface area contributed by atoms with Crippen LogP contribution in [0.15, 0.2) is 66.0 Å². The van der Waals surface area contributed by atoms with Crippen molar-refractivity contribution in [1.82, 2.24) is 9.97 Å². The smallest absolute Gasteiger partial charge is 0.172 e. The number of nitrogens with zero attached hydrogens (tertiary/aromatic N) is 2. The third-order valence-electron chi connectivity index (χ3n) is 3.98. The molecule has 2 aromatic carbocycles. The molecule has 0 aliphatic rings. The molecule has 0 saturated heterocycles. The lowest BCUT2D eigenvalue weighted by atomic mass is 10.2. The van der Waals surface area contributed by atoms with Gasteiger partial charge in [-0.1, -0.05) is 36.4 Å². The molecule has 0 amide bonds. The van der Waals surface area contributed by atoms with Crippen LogP contribution in [0.3, 0.4) is 0 Å². The van der Waals surface area contributed by atoms with E-state index in [0.29, 0.717) is 6.54 Å². The van der Waals surface area contributed by atoms with Gasteiger partial charge in [0.1, 0.15) is 11.6 Å². The van der Waals surface area contributed by atoms with E-state index in [1.807, 2.05) is 60.0 Å². The van der Waals surface area contributed by atoms with Gasteiger partial charge in [0.05, 0.1) is 17.5 Å². The first-order valence-corrected chi connectivity index (χ1v) is 8.89. The predicted molar refractivity (Wildman–Crippen MR) is 103 cm³/mol. The number of rotatable bonds is 5. The molecule has 0 saturated carbocycles. The van der Waals surface area contributed by atoms with E-state index in [4.69, 9.17) is 14.7 Å². The van der Waals surface area contributed by atoms with Crippen molar-refractivity contribution in [2.45, 2.75) is 6.54 Å². The average Bonchev–Trinajstić information content (AvgIpc) is 3.21. The molecule has 4 rings (SSSR count). The molecule has 0 fully saturated rings. The van der Waals surface area contributed by atoms with Crippen LogP contribution < -0.4 is 10.1 Å². The van der Waals surface area contributed by atoms with Gasteiger partial charge in [0.15, 0.2) is 5.82 Å². The summed E-state index contributed by atoms with van der Waals surface area (Å²) in [7, 11) is 1.69. The van der Waals surface area contributed by atoms with Gasteiger partial charge in [-0.25, -0.2) is 9.97 Å². The molecule has 25 heavy (non-hydrogen) atoms. The summed E-state index contributed by atoms with van der Waals surface area (Å²) in [6.45, 7) is 0.634. The van der Waals surface area contributed by atoms with E-state index >= 15 is 0 Å². The number of benzene rings is 2. The first kappa shape index (κ1) is 15.6. The Morgan fingerprint density at radius 1 is 0.960 bits per heavy atom. The van der Waals surface area contributed by atoms with Crippen LogP contribution in [0.5, 0.6) is 5.75 Å². The first-order valence-electron chi connectivity index (χ1n) is 8.01. The Labute approximate surface area is 150 Å². The van der Waals surface area contributed by atoms with Crippen LogP contribution in [0.25, 0.3) is 21.6 Å². The molecular formula is C20H17N3OS. The number of anilines is 1. The third-order valence-corrected chi connectivity index (χ3v) is 4.85. The maximum atomic E-state index is 5.43.